The van der Waals surface area contributed by atoms with Crippen molar-refractivity contribution in [2.24, 2.45) is 5.10 Å². The number of benzene rings is 3. The number of hydrazone groups is 1. The third kappa shape index (κ3) is 4.93. The Morgan fingerprint density at radius 1 is 1.12 bits per heavy atom. The lowest BCUT2D eigenvalue weighted by molar-refractivity contribution is 0.0952. The molecule has 0 atom stereocenters. The molecule has 0 unspecified atom stereocenters. The lowest BCUT2D eigenvalue weighted by atomic mass is 10.1. The summed E-state index contributed by atoms with van der Waals surface area (Å²) in [6.07, 6.45) is 1.67. The van der Waals surface area contributed by atoms with E-state index in [-0.39, 0.29) is 5.91 Å². The number of ether oxygens (including phenoxy) is 1. The van der Waals surface area contributed by atoms with E-state index in [2.05, 4.69) is 37.1 Å². The first kappa shape index (κ1) is 23.4. The number of amides is 1. The molecule has 33 heavy (non-hydrogen) atoms. The van der Waals surface area contributed by atoms with E-state index in [9.17, 15) is 4.79 Å². The molecule has 1 amide bonds. The van der Waals surface area contributed by atoms with Crippen molar-refractivity contribution in [2.75, 3.05) is 7.11 Å². The largest absolute Gasteiger partial charge is 0.496 e. The molecule has 0 aliphatic carbocycles. The van der Waals surface area contributed by atoms with E-state index < -0.39 is 0 Å². The normalized spacial score (nSPS) is 11.3. The van der Waals surface area contributed by atoms with Crippen molar-refractivity contribution in [2.45, 2.75) is 13.5 Å². The number of fused-ring (bicyclic) bond motifs is 1. The Morgan fingerprint density at radius 3 is 2.67 bits per heavy atom. The van der Waals surface area contributed by atoms with Crippen LogP contribution in [-0.2, 0) is 6.54 Å². The fraction of sp³-hybridized carbons (Fsp3) is 0.120. The zero-order chi connectivity index (χ0) is 23.5. The summed E-state index contributed by atoms with van der Waals surface area (Å²) >= 11 is 15.7. The maximum absolute atomic E-state index is 12.7. The Balaban J connectivity index is 1.64. The molecule has 0 aliphatic rings. The first-order valence-corrected chi connectivity index (χ1v) is 11.6. The number of carbonyl (C=O) groups is 1. The highest BCUT2D eigenvalue weighted by Crippen LogP contribution is 2.28. The number of nitrogens with zero attached hydrogens (tertiary/aromatic N) is 2. The number of aromatic nitrogens is 1. The number of hydrogen-bond donors (Lipinski definition) is 1. The van der Waals surface area contributed by atoms with E-state index in [1.54, 1.807) is 24.4 Å². The van der Waals surface area contributed by atoms with Gasteiger partial charge in [-0.1, -0.05) is 63.4 Å². The van der Waals surface area contributed by atoms with E-state index in [4.69, 9.17) is 27.9 Å². The highest BCUT2D eigenvalue weighted by atomic mass is 79.9. The molecule has 5 nitrogen and oxygen atoms in total. The number of carbonyl (C=O) groups excluding carboxylic acids is 1. The lowest BCUT2D eigenvalue weighted by Gasteiger charge is -2.10. The Morgan fingerprint density at radius 2 is 1.91 bits per heavy atom. The molecule has 0 saturated heterocycles. The molecule has 0 bridgehead atoms. The van der Waals surface area contributed by atoms with Crippen molar-refractivity contribution in [3.8, 4) is 5.75 Å². The molecule has 1 N–H and O–H groups in total. The lowest BCUT2D eigenvalue weighted by Crippen LogP contribution is -2.18. The highest BCUT2D eigenvalue weighted by molar-refractivity contribution is 9.10. The van der Waals surface area contributed by atoms with Crippen LogP contribution in [0, 0.1) is 6.92 Å². The van der Waals surface area contributed by atoms with Gasteiger partial charge in [0, 0.05) is 33.2 Å². The Labute approximate surface area is 210 Å². The third-order valence-corrected chi connectivity index (χ3v) is 6.60. The van der Waals surface area contributed by atoms with Crippen LogP contribution in [0.1, 0.15) is 27.2 Å². The topological polar surface area (TPSA) is 55.6 Å². The predicted octanol–water partition coefficient (Wildman–Crippen LogP) is 6.84. The van der Waals surface area contributed by atoms with E-state index in [0.29, 0.717) is 27.9 Å². The van der Waals surface area contributed by atoms with Gasteiger partial charge in [0.25, 0.3) is 5.91 Å². The van der Waals surface area contributed by atoms with Crippen molar-refractivity contribution < 1.29 is 9.53 Å². The van der Waals surface area contributed by atoms with Crippen LogP contribution in [0.4, 0.5) is 0 Å². The molecule has 0 fully saturated rings. The quantitative estimate of drug-likeness (QED) is 0.213. The van der Waals surface area contributed by atoms with Gasteiger partial charge < -0.3 is 9.30 Å². The van der Waals surface area contributed by atoms with Crippen molar-refractivity contribution in [3.63, 3.8) is 0 Å². The summed E-state index contributed by atoms with van der Waals surface area (Å²) < 4.78 is 8.25. The maximum Gasteiger partial charge on any atom is 0.275 e. The SMILES string of the molecule is COc1ccc(Br)cc1C(=O)N/N=C\c1c(C)n(Cc2ccc(Cl)c(Cl)c2)c2ccccc12. The number of halogens is 3. The average molecular weight is 545 g/mol. The van der Waals surface area contributed by atoms with Crippen molar-refractivity contribution in [1.82, 2.24) is 9.99 Å². The molecule has 1 aromatic heterocycles. The van der Waals surface area contributed by atoms with Gasteiger partial charge in [-0.3, -0.25) is 4.79 Å². The minimum absolute atomic E-state index is 0.360. The second-order valence-corrected chi connectivity index (χ2v) is 9.12. The second kappa shape index (κ2) is 10.00. The molecule has 0 aliphatic heterocycles. The van der Waals surface area contributed by atoms with Crippen LogP contribution in [0.5, 0.6) is 5.75 Å². The highest BCUT2D eigenvalue weighted by Gasteiger charge is 2.15. The summed E-state index contributed by atoms with van der Waals surface area (Å²) in [5, 5.41) is 6.32. The molecule has 0 radical (unpaired) electrons. The van der Waals surface area contributed by atoms with Gasteiger partial charge in [0.2, 0.25) is 0 Å². The molecule has 168 valence electrons. The summed E-state index contributed by atoms with van der Waals surface area (Å²) in [6.45, 7) is 2.65. The minimum atomic E-state index is -0.360. The summed E-state index contributed by atoms with van der Waals surface area (Å²) in [4.78, 5) is 12.7. The maximum atomic E-state index is 12.7. The number of hydrogen-bond acceptors (Lipinski definition) is 3. The Hall–Kier alpha value is -2.80. The van der Waals surface area contributed by atoms with Crippen LogP contribution in [0.25, 0.3) is 10.9 Å². The summed E-state index contributed by atoms with van der Waals surface area (Å²) in [6, 6.07) is 18.9. The number of methoxy groups -OCH3 is 1. The van der Waals surface area contributed by atoms with Crippen molar-refractivity contribution in [1.29, 1.82) is 0 Å². The van der Waals surface area contributed by atoms with Crippen LogP contribution >= 0.6 is 39.1 Å². The van der Waals surface area contributed by atoms with E-state index in [1.807, 2.05) is 43.3 Å². The molecule has 0 saturated carbocycles. The van der Waals surface area contributed by atoms with Crippen LogP contribution in [0.3, 0.4) is 0 Å². The Kier molecular flexibility index (Phi) is 7.08. The van der Waals surface area contributed by atoms with Gasteiger partial charge in [0.05, 0.1) is 28.9 Å². The predicted molar refractivity (Wildman–Crippen MR) is 138 cm³/mol. The number of nitrogens with one attached hydrogen (secondary N) is 1. The van der Waals surface area contributed by atoms with Gasteiger partial charge in [-0.15, -0.1) is 0 Å². The zero-order valence-electron chi connectivity index (χ0n) is 17.9. The molecule has 3 aromatic carbocycles. The molecule has 4 rings (SSSR count). The van der Waals surface area contributed by atoms with Crippen LogP contribution in [0.15, 0.2) is 70.2 Å². The Bertz CT molecular complexity index is 1380. The molecule has 4 aromatic rings. The fourth-order valence-corrected chi connectivity index (χ4v) is 4.40. The third-order valence-electron chi connectivity index (χ3n) is 5.37. The van der Waals surface area contributed by atoms with E-state index in [1.165, 1.54) is 7.11 Å². The fourth-order valence-electron chi connectivity index (χ4n) is 3.72. The van der Waals surface area contributed by atoms with Gasteiger partial charge in [-0.05, 0) is 48.9 Å². The van der Waals surface area contributed by atoms with Crippen molar-refractivity contribution in [3.05, 3.63) is 97.6 Å². The molecular formula is C25H20BrCl2N3O2. The standard InChI is InChI=1S/C25H20BrCl2N3O2/c1-15-20(13-29-30-25(32)19-12-17(26)8-10-24(19)33-2)18-5-3-4-6-23(18)31(15)14-16-7-9-21(27)22(28)11-16/h3-13H,14H2,1-2H3,(H,30,32)/b29-13-. The van der Waals surface area contributed by atoms with Crippen LogP contribution in [0.2, 0.25) is 10.0 Å². The molecular weight excluding hydrogens is 525 g/mol. The molecule has 8 heteroatoms. The van der Waals surface area contributed by atoms with Crippen LogP contribution in [-0.4, -0.2) is 23.8 Å². The summed E-state index contributed by atoms with van der Waals surface area (Å²) in [5.74, 6) is 0.113. The van der Waals surface area contributed by atoms with Gasteiger partial charge in [0.15, 0.2) is 0 Å². The number of para-hydroxylation sites is 1. The first-order valence-electron chi connectivity index (χ1n) is 10.1. The second-order valence-electron chi connectivity index (χ2n) is 7.39. The minimum Gasteiger partial charge on any atom is -0.496 e. The van der Waals surface area contributed by atoms with Gasteiger partial charge >= 0.3 is 0 Å². The number of rotatable bonds is 6. The van der Waals surface area contributed by atoms with Gasteiger partial charge in [-0.2, -0.15) is 5.10 Å². The zero-order valence-corrected chi connectivity index (χ0v) is 21.0. The van der Waals surface area contributed by atoms with Crippen LogP contribution < -0.4 is 10.2 Å². The summed E-state index contributed by atoms with van der Waals surface area (Å²) in [7, 11) is 1.52. The van der Waals surface area contributed by atoms with Gasteiger partial charge in [0.1, 0.15) is 5.75 Å². The van der Waals surface area contributed by atoms with Crippen molar-refractivity contribution >= 4 is 62.2 Å². The first-order chi connectivity index (χ1) is 15.9. The van der Waals surface area contributed by atoms with Gasteiger partial charge in [-0.25, -0.2) is 5.43 Å². The molecule has 0 spiro atoms. The summed E-state index contributed by atoms with van der Waals surface area (Å²) in [5.41, 5.74) is 7.02. The van der Waals surface area contributed by atoms with E-state index >= 15 is 0 Å². The van der Waals surface area contributed by atoms with E-state index in [0.717, 1.165) is 32.2 Å². The monoisotopic (exact) mass is 543 g/mol. The smallest absolute Gasteiger partial charge is 0.275 e. The average Bonchev–Trinajstić information content (AvgIpc) is 3.07. The molecule has 1 heterocycles.